The number of carbonyl (C=O) groups is 3. The largest absolute Gasteiger partial charge is 0.480 e. The molecule has 0 radical (unpaired) electrons. The second kappa shape index (κ2) is 6.40. The van der Waals surface area contributed by atoms with E-state index in [1.54, 1.807) is 6.92 Å². The van der Waals surface area contributed by atoms with Crippen LogP contribution in [0.5, 0.6) is 0 Å². The van der Waals surface area contributed by atoms with Crippen LogP contribution in [0.15, 0.2) is 0 Å². The van der Waals surface area contributed by atoms with Crippen molar-refractivity contribution in [2.45, 2.75) is 45.2 Å². The van der Waals surface area contributed by atoms with Crippen LogP contribution in [-0.2, 0) is 9.59 Å². The molecule has 7 nitrogen and oxygen atoms in total. The van der Waals surface area contributed by atoms with E-state index >= 15 is 0 Å². The van der Waals surface area contributed by atoms with Crippen LogP contribution < -0.4 is 16.4 Å². The summed E-state index contributed by atoms with van der Waals surface area (Å²) in [5, 5.41) is 13.9. The van der Waals surface area contributed by atoms with Crippen LogP contribution in [0.4, 0.5) is 4.79 Å². The lowest BCUT2D eigenvalue weighted by molar-refractivity contribution is -0.142. The number of primary amides is 1. The van der Waals surface area contributed by atoms with Crippen molar-refractivity contribution in [1.82, 2.24) is 10.6 Å². The molecule has 0 spiro atoms. The Morgan fingerprint density at radius 3 is 2.26 bits per heavy atom. The molecule has 1 rings (SSSR count). The van der Waals surface area contributed by atoms with E-state index in [-0.39, 0.29) is 11.8 Å². The number of urea groups is 1. The molecule has 1 aliphatic carbocycles. The number of rotatable bonds is 7. The average Bonchev–Trinajstić information content (AvgIpc) is 3.15. The smallest absolute Gasteiger partial charge is 0.326 e. The number of aliphatic carboxylic acids is 1. The lowest BCUT2D eigenvalue weighted by Gasteiger charge is -2.24. The lowest BCUT2D eigenvalue weighted by atomic mass is 9.98. The highest BCUT2D eigenvalue weighted by Gasteiger charge is 2.39. The van der Waals surface area contributed by atoms with Gasteiger partial charge in [-0.05, 0) is 24.7 Å². The summed E-state index contributed by atoms with van der Waals surface area (Å²) in [5.74, 6) is -1.67. The Kier molecular flexibility index (Phi) is 5.14. The van der Waals surface area contributed by atoms with Crippen LogP contribution in [0, 0.1) is 11.8 Å². The first-order valence-corrected chi connectivity index (χ1v) is 6.46. The zero-order valence-electron chi connectivity index (χ0n) is 11.2. The van der Waals surface area contributed by atoms with E-state index < -0.39 is 30.0 Å². The maximum atomic E-state index is 12.1. The van der Waals surface area contributed by atoms with E-state index in [1.165, 1.54) is 0 Å². The summed E-state index contributed by atoms with van der Waals surface area (Å²) in [4.78, 5) is 34.1. The average molecular weight is 271 g/mol. The number of carboxylic acid groups (broad SMARTS) is 1. The highest BCUT2D eigenvalue weighted by atomic mass is 16.4. The zero-order valence-corrected chi connectivity index (χ0v) is 11.2. The summed E-state index contributed by atoms with van der Waals surface area (Å²) < 4.78 is 0. The molecule has 1 aliphatic rings. The molecule has 0 aromatic heterocycles. The van der Waals surface area contributed by atoms with E-state index in [2.05, 4.69) is 10.6 Å². The summed E-state index contributed by atoms with van der Waals surface area (Å²) in [6.07, 6.45) is 2.27. The standard InChI is InChI=1S/C12H21N3O4/c1-3-6(2)8(15-12(13)19)10(16)14-9(11(17)18)7-4-5-7/h6-9H,3-5H2,1-2H3,(H,14,16)(H,17,18)(H3,13,15,19). The van der Waals surface area contributed by atoms with Crippen molar-refractivity contribution in [2.75, 3.05) is 0 Å². The third kappa shape index (κ3) is 4.42. The van der Waals surface area contributed by atoms with Gasteiger partial charge in [-0.1, -0.05) is 20.3 Å². The Hall–Kier alpha value is -1.79. The van der Waals surface area contributed by atoms with Crippen LogP contribution >= 0.6 is 0 Å². The fraction of sp³-hybridized carbons (Fsp3) is 0.750. The molecule has 19 heavy (non-hydrogen) atoms. The van der Waals surface area contributed by atoms with Gasteiger partial charge in [-0.3, -0.25) is 4.79 Å². The number of hydrogen-bond acceptors (Lipinski definition) is 3. The van der Waals surface area contributed by atoms with Crippen LogP contribution in [0.1, 0.15) is 33.1 Å². The Morgan fingerprint density at radius 1 is 1.32 bits per heavy atom. The minimum absolute atomic E-state index is 0.00684. The van der Waals surface area contributed by atoms with E-state index in [0.717, 1.165) is 12.8 Å². The molecule has 3 atom stereocenters. The van der Waals surface area contributed by atoms with Crippen molar-refractivity contribution in [1.29, 1.82) is 0 Å². The summed E-state index contributed by atoms with van der Waals surface area (Å²) >= 11 is 0. The van der Waals surface area contributed by atoms with Gasteiger partial charge in [0.25, 0.3) is 0 Å². The SMILES string of the molecule is CCC(C)C(NC(N)=O)C(=O)NC(C(=O)O)C1CC1. The summed E-state index contributed by atoms with van der Waals surface area (Å²) in [6, 6.07) is -2.48. The first-order chi connectivity index (χ1) is 8.86. The van der Waals surface area contributed by atoms with E-state index in [9.17, 15) is 14.4 Å². The molecular weight excluding hydrogens is 250 g/mol. The Labute approximate surface area is 111 Å². The molecular formula is C12H21N3O4. The Balaban J connectivity index is 2.69. The summed E-state index contributed by atoms with van der Waals surface area (Å²) in [7, 11) is 0. The molecule has 0 heterocycles. The fourth-order valence-corrected chi connectivity index (χ4v) is 1.91. The Morgan fingerprint density at radius 2 is 1.89 bits per heavy atom. The summed E-state index contributed by atoms with van der Waals surface area (Å²) in [6.45, 7) is 3.68. The van der Waals surface area contributed by atoms with Gasteiger partial charge in [-0.15, -0.1) is 0 Å². The monoisotopic (exact) mass is 271 g/mol. The predicted molar refractivity (Wildman–Crippen MR) is 68.3 cm³/mol. The topological polar surface area (TPSA) is 122 Å². The Bertz CT molecular complexity index is 368. The number of hydrogen-bond donors (Lipinski definition) is 4. The highest BCUT2D eigenvalue weighted by molar-refractivity contribution is 5.90. The second-order valence-electron chi connectivity index (χ2n) is 5.03. The van der Waals surface area contributed by atoms with Crippen LogP contribution in [0.25, 0.3) is 0 Å². The van der Waals surface area contributed by atoms with Gasteiger partial charge in [0.05, 0.1) is 0 Å². The van der Waals surface area contributed by atoms with Gasteiger partial charge in [0.1, 0.15) is 12.1 Å². The van der Waals surface area contributed by atoms with Gasteiger partial charge in [0.2, 0.25) is 5.91 Å². The maximum Gasteiger partial charge on any atom is 0.326 e. The second-order valence-corrected chi connectivity index (χ2v) is 5.03. The minimum Gasteiger partial charge on any atom is -0.480 e. The normalized spacial score (nSPS) is 19.1. The third-order valence-corrected chi connectivity index (χ3v) is 3.45. The molecule has 0 aromatic rings. The zero-order chi connectivity index (χ0) is 14.6. The molecule has 3 unspecified atom stereocenters. The van der Waals surface area contributed by atoms with Crippen molar-refractivity contribution < 1.29 is 19.5 Å². The first kappa shape index (κ1) is 15.3. The van der Waals surface area contributed by atoms with Crippen LogP contribution in [0.2, 0.25) is 0 Å². The maximum absolute atomic E-state index is 12.1. The van der Waals surface area contributed by atoms with E-state index in [4.69, 9.17) is 10.8 Å². The first-order valence-electron chi connectivity index (χ1n) is 6.46. The molecule has 108 valence electrons. The fourth-order valence-electron chi connectivity index (χ4n) is 1.91. The van der Waals surface area contributed by atoms with Gasteiger partial charge in [-0.2, -0.15) is 0 Å². The molecule has 0 saturated heterocycles. The molecule has 1 fully saturated rings. The van der Waals surface area contributed by atoms with Crippen molar-refractivity contribution in [2.24, 2.45) is 17.6 Å². The van der Waals surface area contributed by atoms with Gasteiger partial charge >= 0.3 is 12.0 Å². The predicted octanol–water partition coefficient (Wildman–Crippen LogP) is 0.0488. The van der Waals surface area contributed by atoms with Gasteiger partial charge in [0.15, 0.2) is 0 Å². The van der Waals surface area contributed by atoms with Gasteiger partial charge in [0, 0.05) is 0 Å². The van der Waals surface area contributed by atoms with Gasteiger partial charge < -0.3 is 21.5 Å². The highest BCUT2D eigenvalue weighted by Crippen LogP contribution is 2.32. The molecule has 5 N–H and O–H groups in total. The minimum atomic E-state index is -1.04. The molecule has 0 bridgehead atoms. The molecule has 1 saturated carbocycles. The van der Waals surface area contributed by atoms with Crippen LogP contribution in [0.3, 0.4) is 0 Å². The molecule has 0 aliphatic heterocycles. The quantitative estimate of drug-likeness (QED) is 0.522. The number of carboxylic acids is 1. The van der Waals surface area contributed by atoms with Crippen molar-refractivity contribution in [3.8, 4) is 0 Å². The molecule has 0 aromatic carbocycles. The molecule has 3 amide bonds. The van der Waals surface area contributed by atoms with Crippen molar-refractivity contribution in [3.05, 3.63) is 0 Å². The van der Waals surface area contributed by atoms with E-state index in [1.807, 2.05) is 6.92 Å². The summed E-state index contributed by atoms with van der Waals surface area (Å²) in [5.41, 5.74) is 5.04. The number of carbonyl (C=O) groups excluding carboxylic acids is 2. The molecule has 7 heteroatoms. The number of nitrogens with one attached hydrogen (secondary N) is 2. The lowest BCUT2D eigenvalue weighted by Crippen LogP contribution is -2.55. The number of nitrogens with two attached hydrogens (primary N) is 1. The number of amides is 3. The van der Waals surface area contributed by atoms with E-state index in [0.29, 0.717) is 6.42 Å². The van der Waals surface area contributed by atoms with Crippen molar-refractivity contribution in [3.63, 3.8) is 0 Å². The third-order valence-electron chi connectivity index (χ3n) is 3.45. The van der Waals surface area contributed by atoms with Crippen LogP contribution in [-0.4, -0.2) is 35.1 Å². The van der Waals surface area contributed by atoms with Crippen molar-refractivity contribution >= 4 is 17.9 Å². The van der Waals surface area contributed by atoms with Gasteiger partial charge in [-0.25, -0.2) is 9.59 Å².